The number of aliphatic hydroxyl groups excluding tert-OH is 1. The molecule has 0 fully saturated rings. The molecule has 0 radical (unpaired) electrons. The van der Waals surface area contributed by atoms with Gasteiger partial charge in [-0.05, 0) is 60.0 Å². The van der Waals surface area contributed by atoms with Crippen LogP contribution < -0.4 is 5.32 Å². The fraction of sp³-hybridized carbons (Fsp3) is 0.267. The Morgan fingerprint density at radius 3 is 2.80 bits per heavy atom. The van der Waals surface area contributed by atoms with E-state index in [1.165, 1.54) is 29.4 Å². The van der Waals surface area contributed by atoms with Crippen molar-refractivity contribution in [3.05, 3.63) is 100 Å². The van der Waals surface area contributed by atoms with Gasteiger partial charge in [0.25, 0.3) is 0 Å². The van der Waals surface area contributed by atoms with Crippen LogP contribution in [0.25, 0.3) is 10.9 Å². The van der Waals surface area contributed by atoms with Gasteiger partial charge < -0.3 is 19.7 Å². The van der Waals surface area contributed by atoms with Crippen LogP contribution in [0.15, 0.2) is 76.6 Å². The number of Topliss-reactive ketones (excluding diaryl/α,β-unsaturated/α-hetero) is 1. The molecule has 4 aromatic rings. The summed E-state index contributed by atoms with van der Waals surface area (Å²) >= 11 is 0. The molecule has 2 aromatic heterocycles. The van der Waals surface area contributed by atoms with Gasteiger partial charge in [0.15, 0.2) is 5.78 Å². The lowest BCUT2D eigenvalue weighted by Crippen LogP contribution is -2.37. The molecule has 3 N–H and O–H groups in total. The molecule has 206 valence electrons. The summed E-state index contributed by atoms with van der Waals surface area (Å²) in [6.45, 7) is 1.70. The first-order valence-electron chi connectivity index (χ1n) is 13.0. The van der Waals surface area contributed by atoms with Gasteiger partial charge in [-0.25, -0.2) is 4.39 Å². The third kappa shape index (κ3) is 5.86. The van der Waals surface area contributed by atoms with Gasteiger partial charge in [-0.15, -0.1) is 0 Å². The number of furan rings is 1. The van der Waals surface area contributed by atoms with Crippen LogP contribution >= 0.6 is 0 Å². The van der Waals surface area contributed by atoms with Crippen molar-refractivity contribution in [1.82, 2.24) is 20.4 Å². The number of halogens is 1. The maximum atomic E-state index is 14.9. The zero-order valence-corrected chi connectivity index (χ0v) is 21.9. The second kappa shape index (κ2) is 11.7. The van der Waals surface area contributed by atoms with Gasteiger partial charge in [0.2, 0.25) is 11.8 Å². The van der Waals surface area contributed by atoms with Crippen LogP contribution in [-0.4, -0.2) is 51.0 Å². The molecule has 3 heterocycles. The largest absolute Gasteiger partial charge is 0.467 e. The van der Waals surface area contributed by atoms with E-state index in [9.17, 15) is 23.9 Å². The lowest BCUT2D eigenvalue weighted by atomic mass is 9.85. The summed E-state index contributed by atoms with van der Waals surface area (Å²) in [6, 6.07) is 12.5. The van der Waals surface area contributed by atoms with E-state index in [-0.39, 0.29) is 56.2 Å². The zero-order chi connectivity index (χ0) is 28.2. The van der Waals surface area contributed by atoms with Crippen molar-refractivity contribution in [3.63, 3.8) is 0 Å². The molecular formula is C30H29FN4O5. The summed E-state index contributed by atoms with van der Waals surface area (Å²) in [5.74, 6) is -0.833. The summed E-state index contributed by atoms with van der Waals surface area (Å²) in [4.78, 5) is 40.6. The Morgan fingerprint density at radius 1 is 1.18 bits per heavy atom. The summed E-state index contributed by atoms with van der Waals surface area (Å²) in [7, 11) is 0. The Morgan fingerprint density at radius 2 is 2.02 bits per heavy atom. The van der Waals surface area contributed by atoms with Crippen LogP contribution in [0, 0.1) is 5.82 Å². The number of fused-ring (bicyclic) bond motifs is 1. The Labute approximate surface area is 229 Å². The normalized spacial score (nSPS) is 15.4. The summed E-state index contributed by atoms with van der Waals surface area (Å²) in [6.07, 6.45) is 3.12. The Hall–Kier alpha value is -4.57. The van der Waals surface area contributed by atoms with Crippen molar-refractivity contribution in [2.45, 2.75) is 38.8 Å². The smallest absolute Gasteiger partial charge is 0.227 e. The van der Waals surface area contributed by atoms with E-state index in [1.54, 1.807) is 25.3 Å². The number of ketones is 1. The number of hydrogen-bond acceptors (Lipinski definition) is 6. The van der Waals surface area contributed by atoms with Gasteiger partial charge in [0.05, 0.1) is 43.6 Å². The minimum Gasteiger partial charge on any atom is -0.467 e. The fourth-order valence-electron chi connectivity index (χ4n) is 5.09. The molecule has 40 heavy (non-hydrogen) atoms. The van der Waals surface area contributed by atoms with E-state index in [2.05, 4.69) is 15.5 Å². The van der Waals surface area contributed by atoms with Gasteiger partial charge in [-0.3, -0.25) is 19.5 Å². The fourth-order valence-corrected chi connectivity index (χ4v) is 5.09. The number of aromatic amines is 1. The van der Waals surface area contributed by atoms with Crippen LogP contribution in [0.5, 0.6) is 0 Å². The number of carbonyl (C=O) groups is 3. The Bertz CT molecular complexity index is 1590. The minimum absolute atomic E-state index is 0.0602. The van der Waals surface area contributed by atoms with E-state index in [1.807, 2.05) is 18.2 Å². The predicted molar refractivity (Wildman–Crippen MR) is 144 cm³/mol. The molecule has 2 aromatic carbocycles. The van der Waals surface area contributed by atoms with Gasteiger partial charge >= 0.3 is 0 Å². The Kier molecular flexibility index (Phi) is 7.88. The van der Waals surface area contributed by atoms with Crippen molar-refractivity contribution >= 4 is 28.5 Å². The van der Waals surface area contributed by atoms with Crippen LogP contribution in [0.2, 0.25) is 0 Å². The molecule has 10 heteroatoms. The van der Waals surface area contributed by atoms with Crippen molar-refractivity contribution < 1.29 is 28.3 Å². The van der Waals surface area contributed by atoms with Gasteiger partial charge in [-0.2, -0.15) is 5.10 Å². The molecule has 1 unspecified atom stereocenters. The highest BCUT2D eigenvalue weighted by molar-refractivity contribution is 6.02. The molecule has 0 saturated heterocycles. The second-order valence-corrected chi connectivity index (χ2v) is 9.91. The number of H-pyrrole nitrogens is 1. The number of carbonyl (C=O) groups excluding carboxylic acids is 3. The first-order chi connectivity index (χ1) is 19.3. The van der Waals surface area contributed by atoms with Crippen LogP contribution in [0.1, 0.15) is 41.8 Å². The molecule has 1 atom stereocenters. The number of aliphatic hydroxyl groups is 1. The highest BCUT2D eigenvalue weighted by Gasteiger charge is 2.31. The molecule has 5 rings (SSSR count). The third-order valence-corrected chi connectivity index (χ3v) is 7.04. The molecule has 0 aliphatic carbocycles. The first-order valence-corrected chi connectivity index (χ1v) is 13.0. The van der Waals surface area contributed by atoms with Crippen molar-refractivity contribution in [2.75, 3.05) is 13.2 Å². The highest BCUT2D eigenvalue weighted by Crippen LogP contribution is 2.32. The standard InChI is InChI=1S/C30H29FN4O5/c1-18-11-27(38)33-30(29(18)26(37)13-19-4-7-25-22(12-19)16-32-34-25)20-5-6-24(31)21(14-20)15-28(39)35(8-9-36)17-23-3-2-10-40-23/h2-7,10,12,14,16,30,36H,8-9,11,13,15,17H2,1H3,(H,32,34)(H,33,38). The van der Waals surface area contributed by atoms with Gasteiger partial charge in [-0.1, -0.05) is 17.7 Å². The summed E-state index contributed by atoms with van der Waals surface area (Å²) < 4.78 is 20.2. The number of rotatable bonds is 10. The molecule has 0 saturated carbocycles. The van der Waals surface area contributed by atoms with Gasteiger partial charge in [0, 0.05) is 30.3 Å². The molecule has 9 nitrogen and oxygen atoms in total. The lowest BCUT2D eigenvalue weighted by molar-refractivity contribution is -0.132. The van der Waals surface area contributed by atoms with E-state index in [0.717, 1.165) is 16.5 Å². The summed E-state index contributed by atoms with van der Waals surface area (Å²) in [5.41, 5.74) is 3.41. The molecule has 0 bridgehead atoms. The van der Waals surface area contributed by atoms with Gasteiger partial charge in [0.1, 0.15) is 11.6 Å². The molecule has 1 aliphatic rings. The average Bonchev–Trinajstić information content (AvgIpc) is 3.61. The third-order valence-electron chi connectivity index (χ3n) is 7.04. The number of benzene rings is 2. The number of hydrogen-bond donors (Lipinski definition) is 3. The van der Waals surface area contributed by atoms with Crippen LogP contribution in [0.3, 0.4) is 0 Å². The van der Waals surface area contributed by atoms with Crippen molar-refractivity contribution in [1.29, 1.82) is 0 Å². The topological polar surface area (TPSA) is 129 Å². The van der Waals surface area contributed by atoms with E-state index in [0.29, 0.717) is 22.5 Å². The zero-order valence-electron chi connectivity index (χ0n) is 21.9. The number of nitrogens with zero attached hydrogens (tertiary/aromatic N) is 2. The van der Waals surface area contributed by atoms with Crippen molar-refractivity contribution in [2.24, 2.45) is 0 Å². The van der Waals surface area contributed by atoms with Crippen LogP contribution in [0.4, 0.5) is 4.39 Å². The van der Waals surface area contributed by atoms with E-state index in [4.69, 9.17) is 4.42 Å². The lowest BCUT2D eigenvalue weighted by Gasteiger charge is -2.29. The maximum Gasteiger partial charge on any atom is 0.227 e. The second-order valence-electron chi connectivity index (χ2n) is 9.91. The monoisotopic (exact) mass is 544 g/mol. The highest BCUT2D eigenvalue weighted by atomic mass is 19.1. The van der Waals surface area contributed by atoms with Crippen molar-refractivity contribution in [3.8, 4) is 0 Å². The number of aromatic nitrogens is 2. The van der Waals surface area contributed by atoms with Crippen LogP contribution in [-0.2, 0) is 33.8 Å². The summed E-state index contributed by atoms with van der Waals surface area (Å²) in [5, 5.41) is 20.1. The quantitative estimate of drug-likeness (QED) is 0.280. The Balaban J connectivity index is 1.40. The molecule has 0 spiro atoms. The molecular weight excluding hydrogens is 515 g/mol. The molecule has 1 aliphatic heterocycles. The maximum absolute atomic E-state index is 14.9. The SMILES string of the molecule is CC1=C(C(=O)Cc2ccc3[nH]ncc3c2)C(c2ccc(F)c(CC(=O)N(CCO)Cc3ccco3)c2)NC(=O)C1. The minimum atomic E-state index is -0.780. The van der Waals surface area contributed by atoms with E-state index < -0.39 is 17.8 Å². The molecule has 2 amide bonds. The predicted octanol–water partition coefficient (Wildman–Crippen LogP) is 3.55. The first kappa shape index (κ1) is 27.0. The number of amides is 2. The van der Waals surface area contributed by atoms with E-state index >= 15 is 0 Å². The number of nitrogens with one attached hydrogen (secondary N) is 2. The average molecular weight is 545 g/mol.